The van der Waals surface area contributed by atoms with Gasteiger partial charge < -0.3 is 10.5 Å². The number of carbonyl (C=O) groups is 1. The van der Waals surface area contributed by atoms with Gasteiger partial charge in [0.05, 0.1) is 0 Å². The van der Waals surface area contributed by atoms with Crippen LogP contribution in [0.2, 0.25) is 0 Å². The third-order valence-electron chi connectivity index (χ3n) is 1.40. The first-order chi connectivity index (χ1) is 6.07. The summed E-state index contributed by atoms with van der Waals surface area (Å²) in [5.74, 6) is 0.542. The third kappa shape index (κ3) is 6.66. The Labute approximate surface area is 83.7 Å². The number of carbonyl (C=O) groups excluding carboxylic acids is 1. The zero-order valence-corrected chi connectivity index (χ0v) is 9.02. The largest absolute Gasteiger partial charge is 0.460 e. The highest BCUT2D eigenvalue weighted by Crippen LogP contribution is 2.01. The molecule has 13 heavy (non-hydrogen) atoms. The van der Waals surface area contributed by atoms with Crippen LogP contribution in [0, 0.1) is 0 Å². The molecule has 0 amide bonds. The topological polar surface area (TPSA) is 52.3 Å². The van der Waals surface area contributed by atoms with E-state index in [0.717, 1.165) is 11.3 Å². The molecule has 0 saturated heterocycles. The molecule has 0 heterocycles. The lowest BCUT2D eigenvalue weighted by molar-refractivity contribution is -0.144. The molecule has 1 atom stereocenters. The van der Waals surface area contributed by atoms with E-state index in [0.29, 0.717) is 6.42 Å². The molecule has 0 saturated carbocycles. The lowest BCUT2D eigenvalue weighted by atomic mass is 10.2. The average molecular weight is 203 g/mol. The van der Waals surface area contributed by atoms with Gasteiger partial charge >= 0.3 is 5.97 Å². The van der Waals surface area contributed by atoms with E-state index in [9.17, 15) is 4.79 Å². The van der Waals surface area contributed by atoms with Crippen LogP contribution >= 0.6 is 11.8 Å². The molecule has 3 nitrogen and oxygen atoms in total. The van der Waals surface area contributed by atoms with E-state index in [1.165, 1.54) is 0 Å². The predicted molar refractivity (Wildman–Crippen MR) is 56.7 cm³/mol. The molecule has 0 rings (SSSR count). The SMILES string of the molecule is C=C(C)COC(=O)[C@@H](N)CCSC. The van der Waals surface area contributed by atoms with Gasteiger partial charge in [-0.05, 0) is 30.9 Å². The van der Waals surface area contributed by atoms with Crippen LogP contribution in [0.3, 0.4) is 0 Å². The van der Waals surface area contributed by atoms with Gasteiger partial charge in [0, 0.05) is 0 Å². The summed E-state index contributed by atoms with van der Waals surface area (Å²) in [5, 5.41) is 0. The Balaban J connectivity index is 3.63. The van der Waals surface area contributed by atoms with Crippen LogP contribution in [0.1, 0.15) is 13.3 Å². The molecule has 0 bridgehead atoms. The maximum atomic E-state index is 11.2. The molecule has 0 radical (unpaired) electrons. The second-order valence-corrected chi connectivity index (χ2v) is 3.94. The minimum atomic E-state index is -0.494. The fourth-order valence-electron chi connectivity index (χ4n) is 0.664. The Morgan fingerprint density at radius 1 is 1.69 bits per heavy atom. The molecule has 76 valence electrons. The van der Waals surface area contributed by atoms with Crippen LogP contribution in [0.15, 0.2) is 12.2 Å². The first-order valence-corrected chi connectivity index (χ1v) is 5.53. The fraction of sp³-hybridized carbons (Fsp3) is 0.667. The Bertz CT molecular complexity index is 182. The quantitative estimate of drug-likeness (QED) is 0.520. The number of rotatable bonds is 6. The molecule has 0 aromatic carbocycles. The smallest absolute Gasteiger partial charge is 0.323 e. The Hall–Kier alpha value is -0.480. The van der Waals surface area contributed by atoms with E-state index in [4.69, 9.17) is 10.5 Å². The summed E-state index contributed by atoms with van der Waals surface area (Å²) in [6, 6.07) is -0.494. The molecule has 0 aliphatic heterocycles. The van der Waals surface area contributed by atoms with Crippen LogP contribution in [-0.2, 0) is 9.53 Å². The zero-order valence-electron chi connectivity index (χ0n) is 8.21. The van der Waals surface area contributed by atoms with Crippen LogP contribution in [0.25, 0.3) is 0 Å². The van der Waals surface area contributed by atoms with Crippen LogP contribution < -0.4 is 5.73 Å². The molecule has 0 unspecified atom stereocenters. The zero-order chi connectivity index (χ0) is 10.3. The first kappa shape index (κ1) is 12.5. The van der Waals surface area contributed by atoms with Crippen LogP contribution in [0.4, 0.5) is 0 Å². The maximum absolute atomic E-state index is 11.2. The van der Waals surface area contributed by atoms with Crippen molar-refractivity contribution in [2.24, 2.45) is 5.73 Å². The number of nitrogens with two attached hydrogens (primary N) is 1. The molecular weight excluding hydrogens is 186 g/mol. The summed E-state index contributed by atoms with van der Waals surface area (Å²) in [6.45, 7) is 5.70. The van der Waals surface area contributed by atoms with E-state index in [-0.39, 0.29) is 12.6 Å². The number of esters is 1. The first-order valence-electron chi connectivity index (χ1n) is 4.13. The van der Waals surface area contributed by atoms with E-state index in [1.807, 2.05) is 6.26 Å². The van der Waals surface area contributed by atoms with Crippen LogP contribution in [-0.4, -0.2) is 30.6 Å². The molecule has 0 fully saturated rings. The van der Waals surface area contributed by atoms with Crippen molar-refractivity contribution >= 4 is 17.7 Å². The number of hydrogen-bond donors (Lipinski definition) is 1. The summed E-state index contributed by atoms with van der Waals surface area (Å²) < 4.78 is 4.89. The molecule has 0 aliphatic carbocycles. The van der Waals surface area contributed by atoms with Crippen molar-refractivity contribution < 1.29 is 9.53 Å². The molecule has 2 N–H and O–H groups in total. The Kier molecular flexibility index (Phi) is 6.72. The fourth-order valence-corrected chi connectivity index (χ4v) is 1.15. The monoisotopic (exact) mass is 203 g/mol. The number of ether oxygens (including phenoxy) is 1. The van der Waals surface area contributed by atoms with E-state index in [1.54, 1.807) is 18.7 Å². The summed E-state index contributed by atoms with van der Waals surface area (Å²) in [5.41, 5.74) is 6.40. The van der Waals surface area contributed by atoms with Gasteiger partial charge in [0.15, 0.2) is 0 Å². The minimum Gasteiger partial charge on any atom is -0.460 e. The molecule has 0 aromatic heterocycles. The lowest BCUT2D eigenvalue weighted by Gasteiger charge is -2.10. The van der Waals surface area contributed by atoms with Crippen molar-refractivity contribution in [2.45, 2.75) is 19.4 Å². The summed E-state index contributed by atoms with van der Waals surface area (Å²) in [6.07, 6.45) is 2.64. The lowest BCUT2D eigenvalue weighted by Crippen LogP contribution is -2.33. The predicted octanol–water partition coefficient (Wildman–Crippen LogP) is 1.19. The van der Waals surface area contributed by atoms with Gasteiger partial charge in [-0.15, -0.1) is 0 Å². The van der Waals surface area contributed by atoms with Gasteiger partial charge in [0.2, 0.25) is 0 Å². The summed E-state index contributed by atoms with van der Waals surface area (Å²) in [7, 11) is 0. The van der Waals surface area contributed by atoms with Crippen molar-refractivity contribution in [3.63, 3.8) is 0 Å². The van der Waals surface area contributed by atoms with Crippen molar-refractivity contribution in [1.82, 2.24) is 0 Å². The van der Waals surface area contributed by atoms with Gasteiger partial charge in [0.25, 0.3) is 0 Å². The molecule has 0 aliphatic rings. The molecule has 4 heteroatoms. The number of hydrogen-bond acceptors (Lipinski definition) is 4. The number of thioether (sulfide) groups is 1. The van der Waals surface area contributed by atoms with Gasteiger partial charge in [0.1, 0.15) is 12.6 Å². The standard InChI is InChI=1S/C9H17NO2S/c1-7(2)6-12-9(11)8(10)4-5-13-3/h8H,1,4-6,10H2,2-3H3/t8-/m0/s1. The second kappa shape index (κ2) is 6.97. The average Bonchev–Trinajstić information content (AvgIpc) is 2.10. The van der Waals surface area contributed by atoms with E-state index < -0.39 is 6.04 Å². The van der Waals surface area contributed by atoms with Crippen molar-refractivity contribution in [3.8, 4) is 0 Å². The highest BCUT2D eigenvalue weighted by molar-refractivity contribution is 7.98. The van der Waals surface area contributed by atoms with Crippen molar-refractivity contribution in [2.75, 3.05) is 18.6 Å². The normalized spacial score (nSPS) is 12.2. The molecular formula is C9H17NO2S. The van der Waals surface area contributed by atoms with Gasteiger partial charge in [-0.2, -0.15) is 11.8 Å². The van der Waals surface area contributed by atoms with Gasteiger partial charge in [-0.25, -0.2) is 0 Å². The third-order valence-corrected chi connectivity index (χ3v) is 2.04. The molecule has 0 aromatic rings. The minimum absolute atomic E-state index is 0.270. The highest BCUT2D eigenvalue weighted by Gasteiger charge is 2.13. The van der Waals surface area contributed by atoms with Gasteiger partial charge in [-0.3, -0.25) is 4.79 Å². The highest BCUT2D eigenvalue weighted by atomic mass is 32.2. The second-order valence-electron chi connectivity index (χ2n) is 2.95. The maximum Gasteiger partial charge on any atom is 0.323 e. The molecule has 0 spiro atoms. The Morgan fingerprint density at radius 2 is 2.31 bits per heavy atom. The summed E-state index contributed by atoms with van der Waals surface area (Å²) >= 11 is 1.67. The summed E-state index contributed by atoms with van der Waals surface area (Å²) in [4.78, 5) is 11.2. The van der Waals surface area contributed by atoms with E-state index >= 15 is 0 Å². The van der Waals surface area contributed by atoms with Crippen molar-refractivity contribution in [3.05, 3.63) is 12.2 Å². The van der Waals surface area contributed by atoms with Gasteiger partial charge in [-0.1, -0.05) is 6.58 Å². The van der Waals surface area contributed by atoms with E-state index in [2.05, 4.69) is 6.58 Å². The Morgan fingerprint density at radius 3 is 2.77 bits per heavy atom. The van der Waals surface area contributed by atoms with Crippen molar-refractivity contribution in [1.29, 1.82) is 0 Å². The van der Waals surface area contributed by atoms with Crippen LogP contribution in [0.5, 0.6) is 0 Å².